The molecule has 0 aliphatic carbocycles. The molecule has 1 aliphatic heterocycles. The maximum atomic E-state index is 14.1. The van der Waals surface area contributed by atoms with Crippen molar-refractivity contribution in [3.63, 3.8) is 0 Å². The Labute approximate surface area is 216 Å². The van der Waals surface area contributed by atoms with Crippen LogP contribution in [-0.2, 0) is 4.79 Å². The van der Waals surface area contributed by atoms with Crippen molar-refractivity contribution in [2.45, 2.75) is 24.7 Å². The molecule has 200 valence electrons. The summed E-state index contributed by atoms with van der Waals surface area (Å²) in [6.07, 6.45) is -0.507. The molecule has 0 saturated carbocycles. The van der Waals surface area contributed by atoms with Gasteiger partial charge in [0.25, 0.3) is 5.91 Å². The fraction of sp³-hybridized carbons (Fsp3) is 0.320. The molecule has 3 unspecified atom stereocenters. The van der Waals surface area contributed by atoms with E-state index in [1.54, 1.807) is 36.3 Å². The van der Waals surface area contributed by atoms with E-state index in [0.29, 0.717) is 17.9 Å². The molecule has 4 heterocycles. The number of alkyl halides is 3. The van der Waals surface area contributed by atoms with Gasteiger partial charge in [-0.1, -0.05) is 12.6 Å². The van der Waals surface area contributed by atoms with Crippen LogP contribution in [0.15, 0.2) is 61.4 Å². The normalized spacial score (nSPS) is 18.8. The van der Waals surface area contributed by atoms with Gasteiger partial charge in [0.2, 0.25) is 5.91 Å². The Hall–Kier alpha value is -4.26. The van der Waals surface area contributed by atoms with Crippen molar-refractivity contribution in [3.05, 3.63) is 67.1 Å². The second-order valence-electron chi connectivity index (χ2n) is 9.05. The number of aromatic nitrogens is 4. The summed E-state index contributed by atoms with van der Waals surface area (Å²) in [5, 5.41) is 14.5. The van der Waals surface area contributed by atoms with Crippen LogP contribution >= 0.6 is 0 Å². The van der Waals surface area contributed by atoms with Gasteiger partial charge in [0.05, 0.1) is 23.3 Å². The Kier molecular flexibility index (Phi) is 8.05. The minimum atomic E-state index is -4.55. The van der Waals surface area contributed by atoms with Crippen LogP contribution in [0.2, 0.25) is 0 Å². The van der Waals surface area contributed by atoms with Crippen molar-refractivity contribution >= 4 is 23.3 Å². The van der Waals surface area contributed by atoms with Crippen molar-refractivity contribution in [1.29, 1.82) is 0 Å². The summed E-state index contributed by atoms with van der Waals surface area (Å²) in [4.78, 5) is 34.5. The molecule has 38 heavy (non-hydrogen) atoms. The Morgan fingerprint density at radius 3 is 2.68 bits per heavy atom. The quantitative estimate of drug-likeness (QED) is 0.331. The predicted molar refractivity (Wildman–Crippen MR) is 135 cm³/mol. The molecule has 3 aromatic heterocycles. The van der Waals surface area contributed by atoms with Crippen LogP contribution in [0.4, 0.5) is 24.7 Å². The lowest BCUT2D eigenvalue weighted by molar-refractivity contribution is -0.157. The maximum Gasteiger partial charge on any atom is 0.408 e. The highest BCUT2D eigenvalue weighted by Gasteiger charge is 2.47. The summed E-state index contributed by atoms with van der Waals surface area (Å²) < 4.78 is 42.2. The topological polar surface area (TPSA) is 128 Å². The van der Waals surface area contributed by atoms with E-state index < -0.39 is 36.0 Å². The monoisotopic (exact) mass is 528 g/mol. The third-order valence-corrected chi connectivity index (χ3v) is 6.11. The Morgan fingerprint density at radius 1 is 1.21 bits per heavy atom. The van der Waals surface area contributed by atoms with Gasteiger partial charge in [-0.25, -0.2) is 9.97 Å². The number of nitrogens with one attached hydrogen (secondary N) is 4. The van der Waals surface area contributed by atoms with Gasteiger partial charge in [-0.3, -0.25) is 14.7 Å². The average Bonchev–Trinajstić information content (AvgIpc) is 3.42. The van der Waals surface area contributed by atoms with E-state index in [1.165, 1.54) is 24.4 Å². The molecule has 4 rings (SSSR count). The zero-order chi connectivity index (χ0) is 27.3. The van der Waals surface area contributed by atoms with Crippen LogP contribution in [0.25, 0.3) is 11.4 Å². The minimum Gasteiger partial charge on any atom is -0.372 e. The van der Waals surface area contributed by atoms with Crippen molar-refractivity contribution < 1.29 is 22.8 Å². The highest BCUT2D eigenvalue weighted by molar-refractivity contribution is 6.02. The highest BCUT2D eigenvalue weighted by atomic mass is 19.4. The number of aromatic amines is 1. The number of likely N-dealkylation sites (tertiary alicyclic amines) is 1. The number of hydrogen-bond donors (Lipinski definition) is 4. The van der Waals surface area contributed by atoms with Gasteiger partial charge in [-0.2, -0.15) is 18.3 Å². The molecule has 13 heteroatoms. The fourth-order valence-corrected chi connectivity index (χ4v) is 4.46. The first-order valence-electron chi connectivity index (χ1n) is 11.8. The molecule has 10 nitrogen and oxygen atoms in total. The second kappa shape index (κ2) is 11.4. The molecule has 1 fully saturated rings. The lowest BCUT2D eigenvalue weighted by atomic mass is 9.87. The minimum absolute atomic E-state index is 0.137. The number of pyridine rings is 2. The summed E-state index contributed by atoms with van der Waals surface area (Å²) in [5.41, 5.74) is 1.45. The van der Waals surface area contributed by atoms with Crippen LogP contribution in [0, 0.1) is 5.92 Å². The molecule has 0 spiro atoms. The van der Waals surface area contributed by atoms with Crippen LogP contribution < -0.4 is 16.0 Å². The molecular weight excluding hydrogens is 501 g/mol. The van der Waals surface area contributed by atoms with Crippen molar-refractivity contribution in [2.24, 2.45) is 5.92 Å². The Balaban J connectivity index is 1.43. The van der Waals surface area contributed by atoms with Crippen molar-refractivity contribution in [2.75, 3.05) is 30.8 Å². The van der Waals surface area contributed by atoms with E-state index in [1.807, 2.05) is 0 Å². The molecule has 1 aliphatic rings. The van der Waals surface area contributed by atoms with E-state index >= 15 is 0 Å². The van der Waals surface area contributed by atoms with Crippen LogP contribution in [0.5, 0.6) is 0 Å². The van der Waals surface area contributed by atoms with E-state index in [0.717, 1.165) is 6.08 Å². The van der Waals surface area contributed by atoms with Gasteiger partial charge in [-0.05, 0) is 49.9 Å². The van der Waals surface area contributed by atoms with Crippen LogP contribution in [0.1, 0.15) is 16.9 Å². The first kappa shape index (κ1) is 26.8. The molecule has 0 bridgehead atoms. The summed E-state index contributed by atoms with van der Waals surface area (Å²) in [6, 6.07) is 7.16. The Bertz CT molecular complexity index is 1260. The zero-order valence-corrected chi connectivity index (χ0v) is 20.5. The zero-order valence-electron chi connectivity index (χ0n) is 20.5. The van der Waals surface area contributed by atoms with Crippen LogP contribution in [0.3, 0.4) is 0 Å². The number of halogens is 3. The van der Waals surface area contributed by atoms with Gasteiger partial charge in [0, 0.05) is 31.2 Å². The van der Waals surface area contributed by atoms with Gasteiger partial charge >= 0.3 is 6.18 Å². The molecule has 0 radical (unpaired) electrons. The third-order valence-electron chi connectivity index (χ3n) is 6.11. The number of piperidine rings is 1. The number of nitrogens with zero attached hydrogens (tertiary/aromatic N) is 4. The summed E-state index contributed by atoms with van der Waals surface area (Å²) in [6.45, 7) is 4.03. The molecule has 4 N–H and O–H groups in total. The molecule has 2 amide bonds. The molecule has 0 aromatic carbocycles. The van der Waals surface area contributed by atoms with E-state index in [4.69, 9.17) is 0 Å². The predicted octanol–water partition coefficient (Wildman–Crippen LogP) is 3.08. The lowest BCUT2D eigenvalue weighted by Crippen LogP contribution is -2.55. The van der Waals surface area contributed by atoms with Crippen LogP contribution in [-0.4, -0.2) is 75.3 Å². The molecular formula is C25H27F3N8O2. The highest BCUT2D eigenvalue weighted by Crippen LogP contribution is 2.33. The number of hydrogen-bond acceptors (Lipinski definition) is 7. The van der Waals surface area contributed by atoms with Crippen molar-refractivity contribution in [3.8, 4) is 11.4 Å². The largest absolute Gasteiger partial charge is 0.408 e. The average molecular weight is 529 g/mol. The lowest BCUT2D eigenvalue weighted by Gasteiger charge is -2.40. The first-order valence-corrected chi connectivity index (χ1v) is 11.8. The number of carbonyl (C=O) groups is 2. The SMILES string of the molecule is C=CC(=O)NC1CC(C(Nc2ccc(NC(=O)c3cccc(-c4ccn[nH]4)n3)nc2)C(F)(F)F)CN(C)C1. The molecule has 3 atom stereocenters. The molecule has 3 aromatic rings. The summed E-state index contributed by atoms with van der Waals surface area (Å²) in [5.74, 6) is -1.62. The van der Waals surface area contributed by atoms with E-state index in [-0.39, 0.29) is 30.2 Å². The summed E-state index contributed by atoms with van der Waals surface area (Å²) in [7, 11) is 1.71. The second-order valence-corrected chi connectivity index (χ2v) is 9.05. The number of rotatable bonds is 8. The number of H-pyrrole nitrogens is 1. The van der Waals surface area contributed by atoms with Gasteiger partial charge < -0.3 is 20.9 Å². The number of likely N-dealkylation sites (N-methyl/N-ethyl adjacent to an activating group) is 1. The van der Waals surface area contributed by atoms with Gasteiger partial charge in [-0.15, -0.1) is 0 Å². The fourth-order valence-electron chi connectivity index (χ4n) is 4.46. The first-order chi connectivity index (χ1) is 18.1. The third kappa shape index (κ3) is 6.73. The maximum absolute atomic E-state index is 14.1. The van der Waals surface area contributed by atoms with Gasteiger partial charge in [0.1, 0.15) is 17.6 Å². The van der Waals surface area contributed by atoms with Crippen molar-refractivity contribution in [1.82, 2.24) is 30.4 Å². The standard InChI is InChI=1S/C25H27F3N8O2/c1-3-22(37)31-17-11-15(13-36(2)14-17)23(25(26,27)28)32-16-7-8-21(29-12-16)34-24(38)20-6-4-5-18(33-20)19-9-10-30-35-19/h3-10,12,15,17,23,32H,1,11,13-14H2,2H3,(H,30,35)(H,31,37)(H,29,34,38). The van der Waals surface area contributed by atoms with E-state index in [2.05, 4.69) is 42.7 Å². The molecule has 1 saturated heterocycles. The number of amides is 2. The van der Waals surface area contributed by atoms with E-state index in [9.17, 15) is 22.8 Å². The number of carbonyl (C=O) groups excluding carboxylic acids is 2. The van der Waals surface area contributed by atoms with Gasteiger partial charge in [0.15, 0.2) is 0 Å². The number of anilines is 2. The summed E-state index contributed by atoms with van der Waals surface area (Å²) >= 11 is 0. The smallest absolute Gasteiger partial charge is 0.372 e. The Morgan fingerprint density at radius 2 is 2.03 bits per heavy atom.